The van der Waals surface area contributed by atoms with Crippen LogP contribution < -0.4 is 10.0 Å². The zero-order valence-electron chi connectivity index (χ0n) is 13.7. The largest absolute Gasteiger partial charge is 0.356 e. The predicted molar refractivity (Wildman–Crippen MR) is 94.9 cm³/mol. The zero-order chi connectivity index (χ0) is 18.7. The lowest BCUT2D eigenvalue weighted by molar-refractivity contribution is 0.102. The third-order valence-electron chi connectivity index (χ3n) is 3.49. The van der Waals surface area contributed by atoms with E-state index in [2.05, 4.69) is 20.0 Å². The number of pyridine rings is 1. The highest BCUT2D eigenvalue weighted by molar-refractivity contribution is 7.92. The summed E-state index contributed by atoms with van der Waals surface area (Å²) in [6.45, 7) is 1.85. The smallest absolute Gasteiger partial charge is 0.273 e. The molecule has 0 bridgehead atoms. The van der Waals surface area contributed by atoms with E-state index in [9.17, 15) is 17.6 Å². The molecule has 0 aliphatic heterocycles. The number of rotatable bonds is 5. The van der Waals surface area contributed by atoms with Crippen molar-refractivity contribution in [3.05, 3.63) is 71.9 Å². The Hall–Kier alpha value is -3.20. The molecule has 3 rings (SSSR count). The Balaban J connectivity index is 1.78. The van der Waals surface area contributed by atoms with E-state index in [0.29, 0.717) is 5.82 Å². The fraction of sp³-hybridized carbons (Fsp3) is 0.0588. The van der Waals surface area contributed by atoms with Crippen LogP contribution in [0.15, 0.2) is 59.8 Å². The van der Waals surface area contributed by atoms with Crippen molar-refractivity contribution in [2.45, 2.75) is 11.8 Å². The van der Waals surface area contributed by atoms with Gasteiger partial charge in [0.1, 0.15) is 22.2 Å². The Morgan fingerprint density at radius 3 is 2.69 bits per heavy atom. The topological polar surface area (TPSA) is 104 Å². The maximum Gasteiger partial charge on any atom is 0.273 e. The number of halogens is 1. The quantitative estimate of drug-likeness (QED) is 0.639. The molecular formula is C17H15FN4O3S. The first-order chi connectivity index (χ1) is 12.3. The summed E-state index contributed by atoms with van der Waals surface area (Å²) in [5.74, 6) is -0.899. The summed E-state index contributed by atoms with van der Waals surface area (Å²) in [6.07, 6.45) is 2.70. The lowest BCUT2D eigenvalue weighted by Crippen LogP contribution is -2.14. The highest BCUT2D eigenvalue weighted by Gasteiger charge is 2.20. The van der Waals surface area contributed by atoms with E-state index in [1.165, 1.54) is 18.2 Å². The molecule has 7 nitrogen and oxygen atoms in total. The minimum atomic E-state index is -4.04. The summed E-state index contributed by atoms with van der Waals surface area (Å²) in [7, 11) is -4.04. The SMILES string of the molecule is Cc1ccnc(NC(=O)c2cc(S(=O)(=O)Nc3ccccc3F)c[nH]2)c1. The lowest BCUT2D eigenvalue weighted by atomic mass is 10.3. The van der Waals surface area contributed by atoms with Gasteiger partial charge in [-0.25, -0.2) is 17.8 Å². The molecule has 0 aliphatic rings. The van der Waals surface area contributed by atoms with Crippen LogP contribution >= 0.6 is 0 Å². The summed E-state index contributed by atoms with van der Waals surface area (Å²) in [4.78, 5) is 18.6. The number of aromatic nitrogens is 2. The highest BCUT2D eigenvalue weighted by Crippen LogP contribution is 2.19. The van der Waals surface area contributed by atoms with Crippen molar-refractivity contribution in [2.75, 3.05) is 10.0 Å². The van der Waals surface area contributed by atoms with Gasteiger partial charge in [-0.05, 0) is 42.8 Å². The molecule has 9 heteroatoms. The normalized spacial score (nSPS) is 11.2. The van der Waals surface area contributed by atoms with Gasteiger partial charge < -0.3 is 10.3 Å². The number of sulfonamides is 1. The summed E-state index contributed by atoms with van der Waals surface area (Å²) in [5, 5.41) is 2.57. The van der Waals surface area contributed by atoms with Gasteiger partial charge in [-0.15, -0.1) is 0 Å². The van der Waals surface area contributed by atoms with Crippen molar-refractivity contribution in [2.24, 2.45) is 0 Å². The summed E-state index contributed by atoms with van der Waals surface area (Å²) < 4.78 is 40.5. The van der Waals surface area contributed by atoms with Crippen LogP contribution in [0, 0.1) is 12.7 Å². The van der Waals surface area contributed by atoms with E-state index in [-0.39, 0.29) is 16.3 Å². The monoisotopic (exact) mass is 374 g/mol. The number of anilines is 2. The molecule has 0 fully saturated rings. The van der Waals surface area contributed by atoms with E-state index in [1.54, 1.807) is 18.3 Å². The van der Waals surface area contributed by atoms with E-state index in [1.807, 2.05) is 6.92 Å². The number of carbonyl (C=O) groups excluding carboxylic acids is 1. The Kier molecular flexibility index (Phi) is 4.72. The van der Waals surface area contributed by atoms with Crippen molar-refractivity contribution in [1.29, 1.82) is 0 Å². The van der Waals surface area contributed by atoms with Gasteiger partial charge in [0.2, 0.25) is 0 Å². The van der Waals surface area contributed by atoms with Gasteiger partial charge in [-0.3, -0.25) is 9.52 Å². The molecule has 0 saturated carbocycles. The number of hydrogen-bond donors (Lipinski definition) is 3. The first kappa shape index (κ1) is 17.6. The molecule has 1 amide bonds. The molecule has 0 saturated heterocycles. The van der Waals surface area contributed by atoms with Gasteiger partial charge in [-0.2, -0.15) is 0 Å². The van der Waals surface area contributed by atoms with Crippen molar-refractivity contribution in [3.8, 4) is 0 Å². The lowest BCUT2D eigenvalue weighted by Gasteiger charge is -2.06. The van der Waals surface area contributed by atoms with Crippen LogP contribution in [0.4, 0.5) is 15.9 Å². The molecule has 0 spiro atoms. The van der Waals surface area contributed by atoms with Crippen LogP contribution in [0.5, 0.6) is 0 Å². The Labute approximate surface area is 149 Å². The number of nitrogens with zero attached hydrogens (tertiary/aromatic N) is 1. The Bertz CT molecular complexity index is 1060. The average molecular weight is 374 g/mol. The zero-order valence-corrected chi connectivity index (χ0v) is 14.5. The van der Waals surface area contributed by atoms with Crippen LogP contribution in [0.2, 0.25) is 0 Å². The Morgan fingerprint density at radius 2 is 1.96 bits per heavy atom. The number of H-pyrrole nitrogens is 1. The number of para-hydroxylation sites is 1. The first-order valence-electron chi connectivity index (χ1n) is 7.55. The number of carbonyl (C=O) groups is 1. The van der Waals surface area contributed by atoms with Crippen molar-refractivity contribution < 1.29 is 17.6 Å². The average Bonchev–Trinajstić information content (AvgIpc) is 3.08. The highest BCUT2D eigenvalue weighted by atomic mass is 32.2. The van der Waals surface area contributed by atoms with Gasteiger partial charge in [-0.1, -0.05) is 12.1 Å². The van der Waals surface area contributed by atoms with Gasteiger partial charge in [0.15, 0.2) is 0 Å². The number of amides is 1. The standard InChI is InChI=1S/C17H15FN4O3S/c1-11-6-7-19-16(8-11)21-17(23)15-9-12(10-20-15)26(24,25)22-14-5-3-2-4-13(14)18/h2-10,20,22H,1H3,(H,19,21,23). The van der Waals surface area contributed by atoms with E-state index >= 15 is 0 Å². The van der Waals surface area contributed by atoms with Crippen molar-refractivity contribution >= 4 is 27.4 Å². The van der Waals surface area contributed by atoms with Crippen LogP contribution in [-0.4, -0.2) is 24.3 Å². The Morgan fingerprint density at radius 1 is 1.19 bits per heavy atom. The van der Waals surface area contributed by atoms with Crippen LogP contribution in [-0.2, 0) is 10.0 Å². The molecular weight excluding hydrogens is 359 g/mol. The molecule has 3 aromatic rings. The minimum absolute atomic E-state index is 0.0298. The minimum Gasteiger partial charge on any atom is -0.356 e. The van der Waals surface area contributed by atoms with E-state index < -0.39 is 21.7 Å². The number of aryl methyl sites for hydroxylation is 1. The molecule has 2 heterocycles. The second kappa shape index (κ2) is 6.96. The maximum atomic E-state index is 13.6. The summed E-state index contributed by atoms with van der Waals surface area (Å²) in [5.41, 5.74) is 0.769. The second-order valence-corrected chi connectivity index (χ2v) is 7.19. The van der Waals surface area contributed by atoms with E-state index in [4.69, 9.17) is 0 Å². The summed E-state index contributed by atoms with van der Waals surface area (Å²) in [6, 6.07) is 10.0. The maximum absolute atomic E-state index is 13.6. The summed E-state index contributed by atoms with van der Waals surface area (Å²) >= 11 is 0. The van der Waals surface area contributed by atoms with Gasteiger partial charge in [0, 0.05) is 12.4 Å². The fourth-order valence-electron chi connectivity index (χ4n) is 2.20. The number of benzene rings is 1. The van der Waals surface area contributed by atoms with Gasteiger partial charge >= 0.3 is 0 Å². The van der Waals surface area contributed by atoms with Crippen LogP contribution in [0.1, 0.15) is 16.1 Å². The number of aromatic amines is 1. The predicted octanol–water partition coefficient (Wildman–Crippen LogP) is 2.91. The van der Waals surface area contributed by atoms with E-state index in [0.717, 1.165) is 23.9 Å². The fourth-order valence-corrected chi connectivity index (χ4v) is 3.26. The van der Waals surface area contributed by atoms with Crippen LogP contribution in [0.3, 0.4) is 0 Å². The molecule has 1 aromatic carbocycles. The van der Waals surface area contributed by atoms with Gasteiger partial charge in [0.25, 0.3) is 15.9 Å². The molecule has 0 atom stereocenters. The van der Waals surface area contributed by atoms with Crippen molar-refractivity contribution in [1.82, 2.24) is 9.97 Å². The third-order valence-corrected chi connectivity index (χ3v) is 4.83. The molecule has 134 valence electrons. The third kappa shape index (κ3) is 3.89. The second-order valence-electron chi connectivity index (χ2n) is 5.51. The first-order valence-corrected chi connectivity index (χ1v) is 9.03. The number of nitrogens with one attached hydrogen (secondary N) is 3. The molecule has 0 aliphatic carbocycles. The molecule has 26 heavy (non-hydrogen) atoms. The van der Waals surface area contributed by atoms with Crippen molar-refractivity contribution in [3.63, 3.8) is 0 Å². The molecule has 3 N–H and O–H groups in total. The van der Waals surface area contributed by atoms with Gasteiger partial charge in [0.05, 0.1) is 5.69 Å². The molecule has 0 radical (unpaired) electrons. The molecule has 0 unspecified atom stereocenters. The number of hydrogen-bond acceptors (Lipinski definition) is 4. The molecule has 2 aromatic heterocycles. The van der Waals surface area contributed by atoms with Crippen LogP contribution in [0.25, 0.3) is 0 Å².